The van der Waals surface area contributed by atoms with E-state index in [9.17, 15) is 5.11 Å². The fourth-order valence-electron chi connectivity index (χ4n) is 1.95. The number of aromatic nitrogens is 3. The first-order chi connectivity index (χ1) is 9.47. The number of benzene rings is 1. The third-order valence-corrected chi connectivity index (χ3v) is 3.68. The van der Waals surface area contributed by atoms with Crippen LogP contribution in [0.15, 0.2) is 24.5 Å². The van der Waals surface area contributed by atoms with E-state index in [-0.39, 0.29) is 0 Å². The number of aliphatic hydroxyl groups excluding tert-OH is 1. The highest BCUT2D eigenvalue weighted by atomic mass is 35.5. The van der Waals surface area contributed by atoms with E-state index in [1.54, 1.807) is 18.2 Å². The van der Waals surface area contributed by atoms with E-state index in [4.69, 9.17) is 23.2 Å². The lowest BCUT2D eigenvalue weighted by atomic mass is 10.1. The van der Waals surface area contributed by atoms with Crippen LogP contribution in [0.2, 0.25) is 10.0 Å². The summed E-state index contributed by atoms with van der Waals surface area (Å²) in [5.74, 6) is 1.23. The first-order valence-corrected chi connectivity index (χ1v) is 7.22. The summed E-state index contributed by atoms with van der Waals surface area (Å²) >= 11 is 11.8. The van der Waals surface area contributed by atoms with Crippen LogP contribution in [0.1, 0.15) is 31.3 Å². The van der Waals surface area contributed by atoms with Gasteiger partial charge >= 0.3 is 0 Å². The quantitative estimate of drug-likeness (QED) is 0.919. The summed E-state index contributed by atoms with van der Waals surface area (Å²) in [5, 5.41) is 15.4. The maximum Gasteiger partial charge on any atom is 0.138 e. The predicted molar refractivity (Wildman–Crippen MR) is 80.0 cm³/mol. The second-order valence-electron chi connectivity index (χ2n) is 5.15. The highest BCUT2D eigenvalue weighted by Crippen LogP contribution is 2.26. The first-order valence-electron chi connectivity index (χ1n) is 6.47. The zero-order valence-electron chi connectivity index (χ0n) is 11.4. The number of aliphatic hydroxyl groups is 1. The fourth-order valence-corrected chi connectivity index (χ4v) is 2.26. The molecule has 0 aliphatic carbocycles. The average Bonchev–Trinajstić information content (AvgIpc) is 2.79. The lowest BCUT2D eigenvalue weighted by Gasteiger charge is -2.13. The minimum atomic E-state index is -0.681. The molecule has 6 heteroatoms. The SMILES string of the molecule is CC(C)Cn1ncnc1CC(O)c1ccc(Cl)c(Cl)c1. The number of nitrogens with zero attached hydrogens (tertiary/aromatic N) is 3. The number of hydrogen-bond donors (Lipinski definition) is 1. The van der Waals surface area contributed by atoms with Gasteiger partial charge in [-0.2, -0.15) is 5.10 Å². The normalized spacial score (nSPS) is 12.9. The average molecular weight is 314 g/mol. The third-order valence-electron chi connectivity index (χ3n) is 2.94. The maximum absolute atomic E-state index is 10.3. The van der Waals surface area contributed by atoms with E-state index in [0.29, 0.717) is 22.4 Å². The molecule has 0 aliphatic rings. The Bertz CT molecular complexity index is 584. The summed E-state index contributed by atoms with van der Waals surface area (Å²) in [6, 6.07) is 5.13. The summed E-state index contributed by atoms with van der Waals surface area (Å²) in [7, 11) is 0. The Morgan fingerprint density at radius 1 is 1.25 bits per heavy atom. The Kier molecular flexibility index (Phi) is 5.02. The molecule has 0 saturated heterocycles. The minimum Gasteiger partial charge on any atom is -0.388 e. The Morgan fingerprint density at radius 3 is 2.65 bits per heavy atom. The van der Waals surface area contributed by atoms with E-state index in [1.165, 1.54) is 6.33 Å². The molecule has 1 N–H and O–H groups in total. The van der Waals surface area contributed by atoms with E-state index in [0.717, 1.165) is 17.9 Å². The van der Waals surface area contributed by atoms with Crippen molar-refractivity contribution in [3.05, 3.63) is 46.0 Å². The van der Waals surface area contributed by atoms with Crippen LogP contribution < -0.4 is 0 Å². The molecule has 1 aromatic carbocycles. The predicted octanol–water partition coefficient (Wildman–Crippen LogP) is 3.52. The zero-order chi connectivity index (χ0) is 14.7. The molecule has 0 radical (unpaired) electrons. The molecule has 0 saturated carbocycles. The van der Waals surface area contributed by atoms with Gasteiger partial charge in [0, 0.05) is 13.0 Å². The Morgan fingerprint density at radius 2 is 2.00 bits per heavy atom. The second-order valence-corrected chi connectivity index (χ2v) is 5.96. The molecule has 1 aromatic heterocycles. The van der Waals surface area contributed by atoms with Crippen LogP contribution in [0.3, 0.4) is 0 Å². The standard InChI is InChI=1S/C14H17Cl2N3O/c1-9(2)7-19-14(17-8-18-19)6-13(20)10-3-4-11(15)12(16)5-10/h3-5,8-9,13,20H,6-7H2,1-2H3. The summed E-state index contributed by atoms with van der Waals surface area (Å²) in [4.78, 5) is 4.21. The van der Waals surface area contributed by atoms with Gasteiger partial charge in [0.15, 0.2) is 0 Å². The molecule has 1 unspecified atom stereocenters. The van der Waals surface area contributed by atoms with Gasteiger partial charge in [0.25, 0.3) is 0 Å². The summed E-state index contributed by atoms with van der Waals surface area (Å²) in [6.45, 7) is 5.01. The van der Waals surface area contributed by atoms with Gasteiger partial charge in [-0.05, 0) is 23.6 Å². The monoisotopic (exact) mass is 313 g/mol. The molecule has 2 rings (SSSR count). The van der Waals surface area contributed by atoms with E-state index < -0.39 is 6.10 Å². The molecule has 2 aromatic rings. The minimum absolute atomic E-state index is 0.394. The topological polar surface area (TPSA) is 50.9 Å². The molecule has 108 valence electrons. The molecule has 1 atom stereocenters. The Balaban J connectivity index is 2.13. The number of rotatable bonds is 5. The van der Waals surface area contributed by atoms with Crippen molar-refractivity contribution in [3.63, 3.8) is 0 Å². The van der Waals surface area contributed by atoms with Crippen LogP contribution in [0, 0.1) is 5.92 Å². The van der Waals surface area contributed by atoms with Crippen molar-refractivity contribution in [1.82, 2.24) is 14.8 Å². The number of hydrogen-bond acceptors (Lipinski definition) is 3. The van der Waals surface area contributed by atoms with Crippen molar-refractivity contribution in [2.24, 2.45) is 5.92 Å². The van der Waals surface area contributed by atoms with Gasteiger partial charge < -0.3 is 5.11 Å². The maximum atomic E-state index is 10.3. The second kappa shape index (κ2) is 6.57. The summed E-state index contributed by atoms with van der Waals surface area (Å²) < 4.78 is 1.82. The van der Waals surface area contributed by atoms with Gasteiger partial charge in [-0.15, -0.1) is 0 Å². The first kappa shape index (κ1) is 15.3. The lowest BCUT2D eigenvalue weighted by molar-refractivity contribution is 0.173. The highest BCUT2D eigenvalue weighted by molar-refractivity contribution is 6.42. The third kappa shape index (κ3) is 3.72. The molecule has 1 heterocycles. The fraction of sp³-hybridized carbons (Fsp3) is 0.429. The van der Waals surface area contributed by atoms with Crippen molar-refractivity contribution in [3.8, 4) is 0 Å². The molecule has 0 aliphatic heterocycles. The van der Waals surface area contributed by atoms with Crippen LogP contribution in [0.25, 0.3) is 0 Å². The van der Waals surface area contributed by atoms with Crippen molar-refractivity contribution in [2.45, 2.75) is 32.9 Å². The van der Waals surface area contributed by atoms with E-state index in [1.807, 2.05) is 4.68 Å². The molecule has 20 heavy (non-hydrogen) atoms. The van der Waals surface area contributed by atoms with Crippen LogP contribution >= 0.6 is 23.2 Å². The van der Waals surface area contributed by atoms with Gasteiger partial charge in [0.2, 0.25) is 0 Å². The summed E-state index contributed by atoms with van der Waals surface area (Å²) in [6.07, 6.45) is 1.23. The van der Waals surface area contributed by atoms with E-state index >= 15 is 0 Å². The zero-order valence-corrected chi connectivity index (χ0v) is 12.9. The van der Waals surface area contributed by atoms with Gasteiger partial charge in [-0.25, -0.2) is 9.67 Å². The molecular formula is C14H17Cl2N3O. The van der Waals surface area contributed by atoms with Crippen molar-refractivity contribution < 1.29 is 5.11 Å². The lowest BCUT2D eigenvalue weighted by Crippen LogP contribution is -2.13. The van der Waals surface area contributed by atoms with Gasteiger partial charge in [-0.1, -0.05) is 43.1 Å². The molecular weight excluding hydrogens is 297 g/mol. The van der Waals surface area contributed by atoms with Gasteiger partial charge in [-0.3, -0.25) is 0 Å². The van der Waals surface area contributed by atoms with Crippen LogP contribution in [0.4, 0.5) is 0 Å². The smallest absolute Gasteiger partial charge is 0.138 e. The van der Waals surface area contributed by atoms with Gasteiger partial charge in [0.1, 0.15) is 12.2 Å². The van der Waals surface area contributed by atoms with Gasteiger partial charge in [0.05, 0.1) is 16.1 Å². The van der Waals surface area contributed by atoms with Crippen LogP contribution in [-0.2, 0) is 13.0 Å². The number of halogens is 2. The van der Waals surface area contributed by atoms with Crippen molar-refractivity contribution in [1.29, 1.82) is 0 Å². The molecule has 4 nitrogen and oxygen atoms in total. The molecule has 0 amide bonds. The Labute approximate surface area is 128 Å². The highest BCUT2D eigenvalue weighted by Gasteiger charge is 2.15. The Hall–Kier alpha value is -1.10. The molecule has 0 bridgehead atoms. The largest absolute Gasteiger partial charge is 0.388 e. The van der Waals surface area contributed by atoms with E-state index in [2.05, 4.69) is 23.9 Å². The summed E-state index contributed by atoms with van der Waals surface area (Å²) in [5.41, 5.74) is 0.721. The van der Waals surface area contributed by atoms with Crippen molar-refractivity contribution in [2.75, 3.05) is 0 Å². The van der Waals surface area contributed by atoms with Crippen LogP contribution in [-0.4, -0.2) is 19.9 Å². The van der Waals surface area contributed by atoms with Crippen LogP contribution in [0.5, 0.6) is 0 Å². The molecule has 0 fully saturated rings. The van der Waals surface area contributed by atoms with Crippen molar-refractivity contribution >= 4 is 23.2 Å². The molecule has 0 spiro atoms.